The van der Waals surface area contributed by atoms with Gasteiger partial charge in [-0.05, 0) is 47.1 Å². The molecule has 0 saturated carbocycles. The summed E-state index contributed by atoms with van der Waals surface area (Å²) in [5.74, 6) is 0.884. The molecule has 102 valence electrons. The van der Waals surface area contributed by atoms with Gasteiger partial charge in [0.15, 0.2) is 4.67 Å². The van der Waals surface area contributed by atoms with Crippen LogP contribution in [-0.2, 0) is 11.3 Å². The van der Waals surface area contributed by atoms with Crippen LogP contribution in [0.1, 0.15) is 24.3 Å². The Kier molecular flexibility index (Phi) is 5.07. The first-order valence-corrected chi connectivity index (χ1v) is 7.48. The molecule has 0 bridgehead atoms. The molecule has 2 aromatic rings. The van der Waals surface area contributed by atoms with Crippen molar-refractivity contribution in [1.82, 2.24) is 0 Å². The normalized spacial score (nSPS) is 12.4. The van der Waals surface area contributed by atoms with Crippen LogP contribution >= 0.6 is 31.9 Å². The lowest BCUT2D eigenvalue weighted by molar-refractivity contribution is 0.185. The van der Waals surface area contributed by atoms with Crippen LogP contribution < -0.4 is 5.32 Å². The Hall–Kier alpha value is -0.780. The van der Waals surface area contributed by atoms with Crippen LogP contribution in [-0.4, -0.2) is 7.11 Å². The van der Waals surface area contributed by atoms with Gasteiger partial charge in [0, 0.05) is 22.8 Å². The topological polar surface area (TPSA) is 34.4 Å². The SMILES string of the molecule is COCc1c(Br)cccc1NC(C)c1ccc(Br)o1. The molecule has 1 aromatic heterocycles. The molecule has 0 aliphatic carbocycles. The minimum atomic E-state index is 0.0798. The van der Waals surface area contributed by atoms with Crippen molar-refractivity contribution < 1.29 is 9.15 Å². The third-order valence-electron chi connectivity index (χ3n) is 2.80. The third kappa shape index (κ3) is 3.61. The Morgan fingerprint density at radius 3 is 2.68 bits per heavy atom. The van der Waals surface area contributed by atoms with Gasteiger partial charge in [-0.25, -0.2) is 0 Å². The minimum absolute atomic E-state index is 0.0798. The lowest BCUT2D eigenvalue weighted by atomic mass is 10.1. The highest BCUT2D eigenvalue weighted by Crippen LogP contribution is 2.29. The van der Waals surface area contributed by atoms with Crippen LogP contribution in [0.3, 0.4) is 0 Å². The van der Waals surface area contributed by atoms with Crippen molar-refractivity contribution in [2.45, 2.75) is 19.6 Å². The van der Waals surface area contributed by atoms with Gasteiger partial charge in [-0.1, -0.05) is 22.0 Å². The van der Waals surface area contributed by atoms with Crippen molar-refractivity contribution in [3.05, 3.63) is 50.8 Å². The summed E-state index contributed by atoms with van der Waals surface area (Å²) in [7, 11) is 1.69. The summed E-state index contributed by atoms with van der Waals surface area (Å²) < 4.78 is 12.6. The van der Waals surface area contributed by atoms with Crippen LogP contribution in [0, 0.1) is 0 Å². The molecule has 19 heavy (non-hydrogen) atoms. The van der Waals surface area contributed by atoms with Crippen LogP contribution in [0.25, 0.3) is 0 Å². The van der Waals surface area contributed by atoms with E-state index < -0.39 is 0 Å². The van der Waals surface area contributed by atoms with E-state index in [1.54, 1.807) is 7.11 Å². The summed E-state index contributed by atoms with van der Waals surface area (Å²) in [5.41, 5.74) is 2.14. The van der Waals surface area contributed by atoms with Crippen molar-refractivity contribution >= 4 is 37.5 Å². The maximum absolute atomic E-state index is 5.56. The fraction of sp³-hybridized carbons (Fsp3) is 0.286. The summed E-state index contributed by atoms with van der Waals surface area (Å²) in [6.45, 7) is 2.61. The smallest absolute Gasteiger partial charge is 0.169 e. The van der Waals surface area contributed by atoms with Gasteiger partial charge in [-0.3, -0.25) is 0 Å². The fourth-order valence-electron chi connectivity index (χ4n) is 1.85. The molecule has 0 spiro atoms. The summed E-state index contributed by atoms with van der Waals surface area (Å²) >= 11 is 6.86. The standard InChI is InChI=1S/C14H15Br2NO2/c1-9(13-6-7-14(16)19-13)17-12-5-3-4-11(15)10(12)8-18-2/h3-7,9,17H,8H2,1-2H3. The van der Waals surface area contributed by atoms with Crippen LogP contribution in [0.15, 0.2) is 43.9 Å². The molecule has 3 nitrogen and oxygen atoms in total. The molecule has 0 amide bonds. The van der Waals surface area contributed by atoms with E-state index in [9.17, 15) is 0 Å². The van der Waals surface area contributed by atoms with E-state index in [1.807, 2.05) is 30.3 Å². The number of nitrogens with one attached hydrogen (secondary N) is 1. The zero-order valence-electron chi connectivity index (χ0n) is 10.7. The number of methoxy groups -OCH3 is 1. The summed E-state index contributed by atoms with van der Waals surface area (Å²) in [5, 5.41) is 3.44. The van der Waals surface area contributed by atoms with E-state index in [0.717, 1.165) is 26.2 Å². The van der Waals surface area contributed by atoms with Gasteiger partial charge < -0.3 is 14.5 Å². The lowest BCUT2D eigenvalue weighted by Gasteiger charge is -2.17. The molecule has 0 radical (unpaired) electrons. The highest BCUT2D eigenvalue weighted by molar-refractivity contribution is 9.10. The molecular weight excluding hydrogens is 374 g/mol. The summed E-state index contributed by atoms with van der Waals surface area (Å²) in [6, 6.07) is 9.97. The van der Waals surface area contributed by atoms with Crippen LogP contribution in [0.2, 0.25) is 0 Å². The lowest BCUT2D eigenvalue weighted by Crippen LogP contribution is -2.08. The molecule has 0 fully saturated rings. The molecule has 2 rings (SSSR count). The third-order valence-corrected chi connectivity index (χ3v) is 3.97. The maximum Gasteiger partial charge on any atom is 0.169 e. The molecule has 1 aromatic carbocycles. The molecule has 0 saturated heterocycles. The molecule has 0 aliphatic heterocycles. The van der Waals surface area contributed by atoms with Crippen molar-refractivity contribution in [2.75, 3.05) is 12.4 Å². The predicted molar refractivity (Wildman–Crippen MR) is 83.3 cm³/mol. The number of rotatable bonds is 5. The first kappa shape index (κ1) is 14.6. The van der Waals surface area contributed by atoms with E-state index in [1.165, 1.54) is 0 Å². The molecule has 5 heteroatoms. The molecule has 1 heterocycles. The Morgan fingerprint density at radius 2 is 2.05 bits per heavy atom. The molecule has 0 aliphatic rings. The van der Waals surface area contributed by atoms with E-state index >= 15 is 0 Å². The summed E-state index contributed by atoms with van der Waals surface area (Å²) in [6.07, 6.45) is 0. The molecule has 1 unspecified atom stereocenters. The van der Waals surface area contributed by atoms with Gasteiger partial charge in [0.2, 0.25) is 0 Å². The van der Waals surface area contributed by atoms with E-state index in [-0.39, 0.29) is 6.04 Å². The number of anilines is 1. The molecule has 1 atom stereocenters. The quantitative estimate of drug-likeness (QED) is 0.771. The Balaban J connectivity index is 2.21. The molecule has 1 N–H and O–H groups in total. The second-order valence-electron chi connectivity index (χ2n) is 4.21. The van der Waals surface area contributed by atoms with Crippen molar-refractivity contribution in [2.24, 2.45) is 0 Å². The van der Waals surface area contributed by atoms with Crippen molar-refractivity contribution in [3.63, 3.8) is 0 Å². The number of halogens is 2. The first-order chi connectivity index (χ1) is 9.11. The average molecular weight is 389 g/mol. The predicted octanol–water partition coefficient (Wildman–Crippen LogP) is 5.12. The number of benzene rings is 1. The van der Waals surface area contributed by atoms with Gasteiger partial charge in [-0.15, -0.1) is 0 Å². The summed E-state index contributed by atoms with van der Waals surface area (Å²) in [4.78, 5) is 0. The fourth-order valence-corrected chi connectivity index (χ4v) is 2.65. The zero-order valence-corrected chi connectivity index (χ0v) is 13.9. The Bertz CT molecular complexity index is 554. The molecular formula is C14H15Br2NO2. The van der Waals surface area contributed by atoms with Gasteiger partial charge >= 0.3 is 0 Å². The number of hydrogen-bond acceptors (Lipinski definition) is 3. The number of furan rings is 1. The number of ether oxygens (including phenoxy) is 1. The van der Waals surface area contributed by atoms with E-state index in [0.29, 0.717) is 6.61 Å². The average Bonchev–Trinajstić information content (AvgIpc) is 2.80. The van der Waals surface area contributed by atoms with Crippen LogP contribution in [0.4, 0.5) is 5.69 Å². The van der Waals surface area contributed by atoms with Gasteiger partial charge in [0.25, 0.3) is 0 Å². The second-order valence-corrected chi connectivity index (χ2v) is 5.84. The highest BCUT2D eigenvalue weighted by Gasteiger charge is 2.13. The van der Waals surface area contributed by atoms with Crippen molar-refractivity contribution in [1.29, 1.82) is 0 Å². The first-order valence-electron chi connectivity index (χ1n) is 5.90. The van der Waals surface area contributed by atoms with Crippen molar-refractivity contribution in [3.8, 4) is 0 Å². The van der Waals surface area contributed by atoms with Gasteiger partial charge in [0.05, 0.1) is 12.6 Å². The Labute approximate surface area is 129 Å². The second kappa shape index (κ2) is 6.59. The zero-order chi connectivity index (χ0) is 13.8. The minimum Gasteiger partial charge on any atom is -0.452 e. The van der Waals surface area contributed by atoms with Crippen LogP contribution in [0.5, 0.6) is 0 Å². The highest BCUT2D eigenvalue weighted by atomic mass is 79.9. The van der Waals surface area contributed by atoms with Gasteiger partial charge in [-0.2, -0.15) is 0 Å². The van der Waals surface area contributed by atoms with E-state index in [2.05, 4.69) is 44.1 Å². The largest absolute Gasteiger partial charge is 0.452 e. The number of hydrogen-bond donors (Lipinski definition) is 1. The monoisotopic (exact) mass is 387 g/mol. The van der Waals surface area contributed by atoms with E-state index in [4.69, 9.17) is 9.15 Å². The van der Waals surface area contributed by atoms with Gasteiger partial charge in [0.1, 0.15) is 5.76 Å². The maximum atomic E-state index is 5.56. The Morgan fingerprint density at radius 1 is 1.26 bits per heavy atom.